The third-order valence-electron chi connectivity index (χ3n) is 27.4. The minimum atomic E-state index is -0.746. The number of ether oxygens (including phenoxy) is 4. The van der Waals surface area contributed by atoms with Crippen LogP contribution in [0.25, 0.3) is 0 Å². The van der Waals surface area contributed by atoms with Crippen molar-refractivity contribution in [1.29, 1.82) is 0 Å². The molecule has 105 heavy (non-hydrogen) atoms. The van der Waals surface area contributed by atoms with E-state index < -0.39 is 24.4 Å². The van der Waals surface area contributed by atoms with Crippen molar-refractivity contribution in [3.05, 3.63) is 263 Å². The van der Waals surface area contributed by atoms with Crippen molar-refractivity contribution in [3.63, 3.8) is 0 Å². The Morgan fingerprint density at radius 2 is 0.390 bits per heavy atom. The number of hydrogen-bond donors (Lipinski definition) is 8. The van der Waals surface area contributed by atoms with Crippen LogP contribution in [0, 0.1) is 47.3 Å². The van der Waals surface area contributed by atoms with Crippen molar-refractivity contribution in [1.82, 2.24) is 42.5 Å². The van der Waals surface area contributed by atoms with Gasteiger partial charge in [-0.2, -0.15) is 0 Å². The van der Waals surface area contributed by atoms with Crippen molar-refractivity contribution in [2.45, 2.75) is 228 Å². The molecule has 0 amide bonds. The standard InChI is InChI=1S/C92H112N8O4.Cu/c1-89(2,57-27-13-9-14-28-57)61-41-49-65(50-42-61)101-77-75-76(88-99-86-74-40-26-24-38-72(74)84(97-86)95-82-70-36-22-21-35-69(70)81(93-82)94-83-71-37-23-25-39-73(71)85(96-83)98-87(75)100-88)78(102-66-51-43-62(44-52-66)90(3,4)58-29-15-10-16-30-58)80(104-68-55-47-64(48-56-68)92(7,8)60-33-19-12-20-34-60)79(77)103-67-53-45-63(46-54-67)91(5,6)59-31-17-11-18-32-59;/h9-20,27-34,41-56,69-88,93-100H,21-26,35-40H2,1-8H3;/q;+2. The van der Waals surface area contributed by atoms with Crippen LogP contribution in [-0.4, -0.2) is 73.7 Å². The van der Waals surface area contributed by atoms with Gasteiger partial charge in [0.05, 0.1) is 49.3 Å². The average Bonchev–Trinajstić information content (AvgIpc) is 1.60. The number of hydrogen-bond acceptors (Lipinski definition) is 12. The van der Waals surface area contributed by atoms with Gasteiger partial charge in [-0.1, -0.05) is 264 Å². The van der Waals surface area contributed by atoms with E-state index in [4.69, 9.17) is 18.9 Å². The van der Waals surface area contributed by atoms with Gasteiger partial charge in [0.15, 0.2) is 12.2 Å². The first kappa shape index (κ1) is 72.4. The fourth-order valence-corrected chi connectivity index (χ4v) is 21.1. The first-order chi connectivity index (χ1) is 50.5. The number of rotatable bonds is 16. The van der Waals surface area contributed by atoms with Gasteiger partial charge >= 0.3 is 17.1 Å². The van der Waals surface area contributed by atoms with E-state index in [0.29, 0.717) is 35.5 Å². The van der Waals surface area contributed by atoms with E-state index in [0.717, 1.165) is 35.8 Å². The van der Waals surface area contributed by atoms with Gasteiger partial charge in [0.1, 0.15) is 35.2 Å². The van der Waals surface area contributed by atoms with Crippen LogP contribution in [0.15, 0.2) is 218 Å². The maximum absolute atomic E-state index is 8.09. The second-order valence-corrected chi connectivity index (χ2v) is 34.5. The molecule has 5 saturated heterocycles. The Kier molecular flexibility index (Phi) is 20.6. The zero-order valence-electron chi connectivity index (χ0n) is 62.8. The molecular formula is C92H112CuN8O4+2. The summed E-state index contributed by atoms with van der Waals surface area (Å²) in [7, 11) is 0. The Bertz CT molecular complexity index is 3900. The average molecular weight is 1460 g/mol. The predicted molar refractivity (Wildman–Crippen MR) is 416 cm³/mol. The summed E-state index contributed by atoms with van der Waals surface area (Å²) in [6.45, 7) is 18.5. The molecule has 4 aliphatic carbocycles. The van der Waals surface area contributed by atoms with Crippen LogP contribution in [0.5, 0.6) is 23.0 Å². The molecule has 0 aromatic heterocycles. The first-order valence-corrected chi connectivity index (χ1v) is 39.9. The fraction of sp³-hybridized carbons (Fsp3) is 0.478. The van der Waals surface area contributed by atoms with Gasteiger partial charge in [0, 0.05) is 33.5 Å². The van der Waals surface area contributed by atoms with E-state index in [1.165, 1.54) is 109 Å². The van der Waals surface area contributed by atoms with Crippen LogP contribution in [0.1, 0.15) is 177 Å². The second kappa shape index (κ2) is 30.0. The molecule has 4 saturated carbocycles. The molecular weight excluding hydrogens is 1340 g/mol. The van der Waals surface area contributed by atoms with Crippen LogP contribution in [-0.2, 0) is 38.7 Å². The summed E-state index contributed by atoms with van der Waals surface area (Å²) in [6.07, 6.45) is 12.2. The van der Waals surface area contributed by atoms with E-state index in [1.54, 1.807) is 0 Å². The molecule has 8 bridgehead atoms. The molecule has 12 nitrogen and oxygen atoms in total. The Hall–Kier alpha value is -6.84. The van der Waals surface area contributed by atoms with Crippen LogP contribution in [0.2, 0.25) is 0 Å². The van der Waals surface area contributed by atoms with Gasteiger partial charge in [-0.3, -0.25) is 42.5 Å². The molecule has 8 N–H and O–H groups in total. The second-order valence-electron chi connectivity index (χ2n) is 34.5. The Balaban J connectivity index is 0.00000847. The molecule has 20 unspecified atom stereocenters. The van der Waals surface area contributed by atoms with Crippen molar-refractivity contribution in [2.75, 3.05) is 0 Å². The Morgan fingerprint density at radius 1 is 0.219 bits per heavy atom. The van der Waals surface area contributed by atoms with Crippen LogP contribution in [0.3, 0.4) is 0 Å². The molecule has 1 radical (unpaired) electrons. The van der Waals surface area contributed by atoms with Gasteiger partial charge in [-0.05, 0) is 167 Å². The summed E-state index contributed by atoms with van der Waals surface area (Å²) in [5, 5.41) is 35.5. The van der Waals surface area contributed by atoms with Gasteiger partial charge in [0.2, 0.25) is 0 Å². The van der Waals surface area contributed by atoms with Gasteiger partial charge in [-0.15, -0.1) is 0 Å². The largest absolute Gasteiger partial charge is 2.00 e. The predicted octanol–water partition coefficient (Wildman–Crippen LogP) is 16.1. The van der Waals surface area contributed by atoms with Gasteiger partial charge in [0.25, 0.3) is 0 Å². The molecule has 5 heterocycles. The number of nitrogens with one attached hydrogen (secondary N) is 8. The summed E-state index contributed by atoms with van der Waals surface area (Å²) < 4.78 is 32.2. The van der Waals surface area contributed by atoms with Crippen LogP contribution >= 0.6 is 0 Å². The van der Waals surface area contributed by atoms with E-state index in [9.17, 15) is 0 Å². The Morgan fingerprint density at radius 3 is 0.600 bits per heavy atom. The van der Waals surface area contributed by atoms with Crippen LogP contribution in [0.4, 0.5) is 0 Å². The van der Waals surface area contributed by atoms with E-state index >= 15 is 0 Å². The SMILES string of the molecule is CC(C)(c1ccccc1)c1ccc(OC2C(Oc3ccc(C(C)(C)c4ccccc4)cc3)C(Oc3ccc(C(C)(C)c4ccccc4)cc3)C3C4NC5NC(NC6NC(NC7NC(NC(N4)C3C2Oc2ccc(C(C)(C)c3ccccc3)cc2)C2CCCCC72)C2CCCCC62)C2CCCCC52)cc1.[Cu+2]. The van der Waals surface area contributed by atoms with Gasteiger partial charge < -0.3 is 18.9 Å². The third kappa shape index (κ3) is 14.1. The maximum atomic E-state index is 8.09. The maximum Gasteiger partial charge on any atom is 2.00 e. The molecule has 8 aromatic rings. The summed E-state index contributed by atoms with van der Waals surface area (Å²) in [5.74, 6) is 5.40. The van der Waals surface area contributed by atoms with Crippen LogP contribution < -0.4 is 61.5 Å². The number of fused-ring (bicyclic) bond motifs is 20. The zero-order chi connectivity index (χ0) is 70.9. The van der Waals surface area contributed by atoms with Crippen molar-refractivity contribution >= 4 is 0 Å². The van der Waals surface area contributed by atoms with Gasteiger partial charge in [-0.25, -0.2) is 0 Å². The third-order valence-corrected chi connectivity index (χ3v) is 27.4. The molecule has 9 aliphatic rings. The molecule has 9 fully saturated rings. The molecule has 17 rings (SSSR count). The quantitative estimate of drug-likeness (QED) is 0.0438. The molecule has 5 aliphatic heterocycles. The van der Waals surface area contributed by atoms with E-state index in [1.807, 2.05) is 0 Å². The minimum absolute atomic E-state index is 0. The van der Waals surface area contributed by atoms with Crippen molar-refractivity contribution in [3.8, 4) is 23.0 Å². The topological polar surface area (TPSA) is 133 Å². The van der Waals surface area contributed by atoms with E-state index in [2.05, 4.69) is 316 Å². The molecule has 20 atom stereocenters. The molecule has 8 aromatic carbocycles. The van der Waals surface area contributed by atoms with E-state index in [-0.39, 0.29) is 99.9 Å². The summed E-state index contributed by atoms with van der Waals surface area (Å²) in [6, 6.07) is 79.1. The molecule has 0 spiro atoms. The molecule has 13 heteroatoms. The smallest absolute Gasteiger partial charge is 0.486 e. The monoisotopic (exact) mass is 1460 g/mol. The summed E-state index contributed by atoms with van der Waals surface area (Å²) >= 11 is 0. The minimum Gasteiger partial charge on any atom is -0.486 e. The Labute approximate surface area is 635 Å². The first-order valence-electron chi connectivity index (χ1n) is 39.9. The summed E-state index contributed by atoms with van der Waals surface area (Å²) in [5.41, 5.74) is 8.78. The summed E-state index contributed by atoms with van der Waals surface area (Å²) in [4.78, 5) is 0. The number of benzene rings is 8. The van der Waals surface area contributed by atoms with Crippen molar-refractivity contribution in [2.24, 2.45) is 47.3 Å². The fourth-order valence-electron chi connectivity index (χ4n) is 21.1. The van der Waals surface area contributed by atoms with Crippen molar-refractivity contribution < 1.29 is 36.0 Å². The normalized spacial score (nSPS) is 32.3. The zero-order valence-corrected chi connectivity index (χ0v) is 63.7. The molecule has 553 valence electrons.